The molecule has 0 atom stereocenters. The fourth-order valence-corrected chi connectivity index (χ4v) is 1.64. The summed E-state index contributed by atoms with van der Waals surface area (Å²) >= 11 is 3.23. The van der Waals surface area contributed by atoms with Gasteiger partial charge in [0, 0.05) is 26.7 Å². The number of nitrogens with one attached hydrogen (secondary N) is 1. The molecular weight excluding hydrogens is 262 g/mol. The van der Waals surface area contributed by atoms with Crippen molar-refractivity contribution in [2.24, 2.45) is 0 Å². The molecule has 0 saturated heterocycles. The number of hydrogen-bond acceptors (Lipinski definition) is 4. The van der Waals surface area contributed by atoms with Crippen molar-refractivity contribution in [1.29, 1.82) is 0 Å². The van der Waals surface area contributed by atoms with Gasteiger partial charge in [0.15, 0.2) is 0 Å². The van der Waals surface area contributed by atoms with Crippen molar-refractivity contribution >= 4 is 21.6 Å². The van der Waals surface area contributed by atoms with E-state index in [1.165, 1.54) is 6.07 Å². The molecule has 0 aliphatic rings. The van der Waals surface area contributed by atoms with Crippen LogP contribution in [0.15, 0.2) is 22.7 Å². The van der Waals surface area contributed by atoms with Crippen LogP contribution in [0.5, 0.6) is 0 Å². The second-order valence-corrected chi connectivity index (χ2v) is 4.03. The molecular formula is C9H12BrN3O2. The van der Waals surface area contributed by atoms with Gasteiger partial charge in [-0.05, 0) is 21.5 Å². The molecule has 0 heterocycles. The van der Waals surface area contributed by atoms with Crippen LogP contribution in [-0.2, 0) is 6.54 Å². The zero-order valence-electron chi connectivity index (χ0n) is 8.53. The van der Waals surface area contributed by atoms with Gasteiger partial charge in [0.05, 0.1) is 9.40 Å². The van der Waals surface area contributed by atoms with Crippen molar-refractivity contribution in [1.82, 2.24) is 10.4 Å². The molecule has 0 radical (unpaired) electrons. The smallest absolute Gasteiger partial charge is 0.258 e. The Labute approximate surface area is 96.3 Å². The average Bonchev–Trinajstić information content (AvgIpc) is 2.15. The zero-order valence-corrected chi connectivity index (χ0v) is 10.1. The first-order valence-corrected chi connectivity index (χ1v) is 5.14. The van der Waals surface area contributed by atoms with Crippen LogP contribution >= 0.6 is 15.9 Å². The van der Waals surface area contributed by atoms with Crippen LogP contribution in [0.25, 0.3) is 0 Å². The maximum absolute atomic E-state index is 10.7. The van der Waals surface area contributed by atoms with E-state index in [-0.39, 0.29) is 5.69 Å². The molecule has 6 heteroatoms. The minimum absolute atomic E-state index is 0.0908. The minimum Gasteiger partial charge on any atom is -0.258 e. The molecule has 0 unspecified atom stereocenters. The standard InChI is InChI=1S/C9H12BrN3O2/c1-12(2)11-6-7-4-3-5-8(9(7)10)13(14)15/h3-5,11H,6H2,1-2H3. The van der Waals surface area contributed by atoms with Crippen molar-refractivity contribution in [3.63, 3.8) is 0 Å². The van der Waals surface area contributed by atoms with Crippen LogP contribution in [0.3, 0.4) is 0 Å². The molecule has 15 heavy (non-hydrogen) atoms. The lowest BCUT2D eigenvalue weighted by Crippen LogP contribution is -2.29. The summed E-state index contributed by atoms with van der Waals surface area (Å²) in [5, 5.41) is 12.5. The van der Waals surface area contributed by atoms with Gasteiger partial charge in [-0.2, -0.15) is 0 Å². The van der Waals surface area contributed by atoms with Gasteiger partial charge in [-0.1, -0.05) is 12.1 Å². The Kier molecular flexibility index (Phi) is 4.19. The van der Waals surface area contributed by atoms with E-state index in [1.807, 2.05) is 20.2 Å². The molecule has 82 valence electrons. The predicted molar refractivity (Wildman–Crippen MR) is 61.3 cm³/mol. The van der Waals surface area contributed by atoms with E-state index in [0.717, 1.165) is 5.56 Å². The van der Waals surface area contributed by atoms with Gasteiger partial charge in [-0.15, -0.1) is 0 Å². The van der Waals surface area contributed by atoms with Gasteiger partial charge >= 0.3 is 0 Å². The van der Waals surface area contributed by atoms with Crippen LogP contribution in [0, 0.1) is 10.1 Å². The second-order valence-electron chi connectivity index (χ2n) is 3.24. The van der Waals surface area contributed by atoms with Gasteiger partial charge in [-0.3, -0.25) is 20.5 Å². The van der Waals surface area contributed by atoms with Crippen molar-refractivity contribution in [3.8, 4) is 0 Å². The van der Waals surface area contributed by atoms with Gasteiger partial charge < -0.3 is 0 Å². The Bertz CT molecular complexity index is 368. The van der Waals surface area contributed by atoms with Crippen molar-refractivity contribution in [2.75, 3.05) is 14.1 Å². The van der Waals surface area contributed by atoms with Gasteiger partial charge in [0.2, 0.25) is 0 Å². The van der Waals surface area contributed by atoms with Crippen molar-refractivity contribution in [2.45, 2.75) is 6.54 Å². The van der Waals surface area contributed by atoms with Crippen LogP contribution in [-0.4, -0.2) is 24.0 Å². The Morgan fingerprint density at radius 3 is 2.73 bits per heavy atom. The number of nitro benzene ring substituents is 1. The highest BCUT2D eigenvalue weighted by molar-refractivity contribution is 9.10. The molecule has 0 aliphatic carbocycles. The second kappa shape index (κ2) is 5.20. The molecule has 0 bridgehead atoms. The molecule has 0 amide bonds. The number of hydrogen-bond donors (Lipinski definition) is 1. The highest BCUT2D eigenvalue weighted by Crippen LogP contribution is 2.27. The highest BCUT2D eigenvalue weighted by atomic mass is 79.9. The Hall–Kier alpha value is -0.980. The Balaban J connectivity index is 2.89. The van der Waals surface area contributed by atoms with Crippen LogP contribution in [0.4, 0.5) is 5.69 Å². The van der Waals surface area contributed by atoms with Gasteiger partial charge in [-0.25, -0.2) is 0 Å². The number of hydrazine groups is 1. The molecule has 0 fully saturated rings. The number of nitrogens with zero attached hydrogens (tertiary/aromatic N) is 2. The quantitative estimate of drug-likeness (QED) is 0.673. The van der Waals surface area contributed by atoms with Crippen LogP contribution < -0.4 is 5.43 Å². The first-order valence-electron chi connectivity index (χ1n) is 4.35. The third-order valence-corrected chi connectivity index (χ3v) is 2.76. The van der Waals surface area contributed by atoms with Gasteiger partial charge in [0.25, 0.3) is 5.69 Å². The molecule has 0 aliphatic heterocycles. The predicted octanol–water partition coefficient (Wildman–Crippen LogP) is 1.92. The molecule has 5 nitrogen and oxygen atoms in total. The lowest BCUT2D eigenvalue weighted by molar-refractivity contribution is -0.385. The summed E-state index contributed by atoms with van der Waals surface area (Å²) in [7, 11) is 3.73. The fourth-order valence-electron chi connectivity index (χ4n) is 1.09. The first-order chi connectivity index (χ1) is 7.02. The normalized spacial score (nSPS) is 10.7. The van der Waals surface area contributed by atoms with E-state index in [4.69, 9.17) is 0 Å². The SMILES string of the molecule is CN(C)NCc1cccc([N+](=O)[O-])c1Br. The highest BCUT2D eigenvalue weighted by Gasteiger charge is 2.14. The molecule has 0 spiro atoms. The van der Waals surface area contributed by atoms with Crippen molar-refractivity contribution < 1.29 is 4.92 Å². The fraction of sp³-hybridized carbons (Fsp3) is 0.333. The maximum Gasteiger partial charge on any atom is 0.283 e. The van der Waals surface area contributed by atoms with E-state index in [9.17, 15) is 10.1 Å². The molecule has 0 aromatic heterocycles. The molecule has 0 saturated carbocycles. The summed E-state index contributed by atoms with van der Waals surface area (Å²) < 4.78 is 0.532. The van der Waals surface area contributed by atoms with Crippen LogP contribution in [0.1, 0.15) is 5.56 Å². The number of halogens is 1. The van der Waals surface area contributed by atoms with E-state index >= 15 is 0 Å². The van der Waals surface area contributed by atoms with E-state index in [0.29, 0.717) is 11.0 Å². The summed E-state index contributed by atoms with van der Waals surface area (Å²) in [6.07, 6.45) is 0. The lowest BCUT2D eigenvalue weighted by Gasteiger charge is -2.12. The van der Waals surface area contributed by atoms with E-state index in [2.05, 4.69) is 21.4 Å². The summed E-state index contributed by atoms with van der Waals surface area (Å²) in [5.74, 6) is 0. The van der Waals surface area contributed by atoms with E-state index < -0.39 is 4.92 Å². The van der Waals surface area contributed by atoms with Crippen molar-refractivity contribution in [3.05, 3.63) is 38.3 Å². The first kappa shape index (κ1) is 12.1. The topological polar surface area (TPSA) is 58.4 Å². The average molecular weight is 274 g/mol. The lowest BCUT2D eigenvalue weighted by atomic mass is 10.2. The zero-order chi connectivity index (χ0) is 11.4. The largest absolute Gasteiger partial charge is 0.283 e. The summed E-state index contributed by atoms with van der Waals surface area (Å²) in [6, 6.07) is 4.99. The van der Waals surface area contributed by atoms with Crippen LogP contribution in [0.2, 0.25) is 0 Å². The third-order valence-electron chi connectivity index (χ3n) is 1.84. The Morgan fingerprint density at radius 1 is 1.53 bits per heavy atom. The molecule has 1 rings (SSSR count). The maximum atomic E-state index is 10.7. The van der Waals surface area contributed by atoms with E-state index in [1.54, 1.807) is 11.1 Å². The summed E-state index contributed by atoms with van der Waals surface area (Å²) in [5.41, 5.74) is 4.00. The molecule has 1 aromatic carbocycles. The summed E-state index contributed by atoms with van der Waals surface area (Å²) in [4.78, 5) is 10.3. The molecule has 1 aromatic rings. The molecule has 1 N–H and O–H groups in total. The monoisotopic (exact) mass is 273 g/mol. The number of rotatable bonds is 4. The number of benzene rings is 1. The summed E-state index contributed by atoms with van der Waals surface area (Å²) in [6.45, 7) is 0.551. The number of nitro groups is 1. The van der Waals surface area contributed by atoms with Gasteiger partial charge in [0.1, 0.15) is 0 Å². The third kappa shape index (κ3) is 3.26. The minimum atomic E-state index is -0.400. The Morgan fingerprint density at radius 2 is 2.20 bits per heavy atom.